The van der Waals surface area contributed by atoms with Crippen LogP contribution >= 0.6 is 11.6 Å². The summed E-state index contributed by atoms with van der Waals surface area (Å²) in [6.45, 7) is 5.98. The van der Waals surface area contributed by atoms with Gasteiger partial charge in [0.05, 0.1) is 23.7 Å². The molecule has 1 aromatic carbocycles. The highest BCUT2D eigenvalue weighted by molar-refractivity contribution is 6.30. The van der Waals surface area contributed by atoms with Gasteiger partial charge in [-0.05, 0) is 42.7 Å². The van der Waals surface area contributed by atoms with E-state index >= 15 is 0 Å². The Morgan fingerprint density at radius 2 is 1.76 bits per heavy atom. The van der Waals surface area contributed by atoms with Crippen LogP contribution in [0.5, 0.6) is 0 Å². The number of benzene rings is 1. The number of hydrogen-bond donors (Lipinski definition) is 0. The number of fused-ring (bicyclic) bond motifs is 3. The van der Waals surface area contributed by atoms with Crippen molar-refractivity contribution in [2.75, 3.05) is 42.5 Å². The van der Waals surface area contributed by atoms with E-state index in [-0.39, 0.29) is 10.8 Å². The average molecular weight is 474 g/mol. The molecule has 34 heavy (non-hydrogen) atoms. The molecule has 3 fully saturated rings. The topological polar surface area (TPSA) is 90.0 Å². The molecule has 5 heterocycles. The number of aromatic nitrogens is 5. The van der Waals surface area contributed by atoms with Crippen LogP contribution in [0.3, 0.4) is 0 Å². The molecule has 4 aliphatic rings. The molecule has 7 rings (SSSR count). The van der Waals surface area contributed by atoms with Crippen LogP contribution in [0.1, 0.15) is 24.2 Å². The number of halogens is 1. The Morgan fingerprint density at radius 1 is 1.00 bits per heavy atom. The minimum absolute atomic E-state index is 0.209. The molecule has 172 valence electrons. The van der Waals surface area contributed by atoms with E-state index in [0.29, 0.717) is 6.54 Å². The maximum absolute atomic E-state index is 9.63. The Kier molecular flexibility index (Phi) is 4.24. The summed E-state index contributed by atoms with van der Waals surface area (Å²) >= 11 is 6.38. The molecule has 3 aromatic rings. The first kappa shape index (κ1) is 20.2. The standard InChI is InChI=1S/C24H24ClN9/c25-18-2-3-19-17(8-18)9-31(12-23(11-26)4-5-23)10-20-29-30-22(34(19)20)33-15-24(16-33)13-32(14-24)21-27-6-1-7-28-21/h1-3,6-8H,4-5,9-10,12-16H2. The molecule has 1 aliphatic carbocycles. The second-order valence-electron chi connectivity index (χ2n) is 10.3. The Morgan fingerprint density at radius 3 is 2.50 bits per heavy atom. The maximum Gasteiger partial charge on any atom is 0.231 e. The minimum Gasteiger partial charge on any atom is -0.339 e. The van der Waals surface area contributed by atoms with Gasteiger partial charge in [-0.15, -0.1) is 10.2 Å². The highest BCUT2D eigenvalue weighted by Crippen LogP contribution is 2.47. The largest absolute Gasteiger partial charge is 0.339 e. The Balaban J connectivity index is 1.15. The third kappa shape index (κ3) is 3.16. The number of nitrogens with zero attached hydrogens (tertiary/aromatic N) is 9. The summed E-state index contributed by atoms with van der Waals surface area (Å²) in [7, 11) is 0. The molecule has 3 aliphatic heterocycles. The zero-order chi connectivity index (χ0) is 22.9. The van der Waals surface area contributed by atoms with E-state index in [0.717, 1.165) is 86.1 Å². The van der Waals surface area contributed by atoms with Crippen molar-refractivity contribution >= 4 is 23.5 Å². The van der Waals surface area contributed by atoms with Crippen molar-refractivity contribution < 1.29 is 0 Å². The van der Waals surface area contributed by atoms with Gasteiger partial charge in [-0.3, -0.25) is 9.47 Å². The third-order valence-corrected chi connectivity index (χ3v) is 7.83. The van der Waals surface area contributed by atoms with Crippen molar-refractivity contribution in [2.45, 2.75) is 25.9 Å². The zero-order valence-electron chi connectivity index (χ0n) is 18.7. The SMILES string of the molecule is N#CC1(CN2Cc3cc(Cl)ccc3-n3c(nnc3N3CC4(CN(c5ncccn5)C4)C3)C2)CC1. The van der Waals surface area contributed by atoms with Crippen molar-refractivity contribution in [3.63, 3.8) is 0 Å². The summed E-state index contributed by atoms with van der Waals surface area (Å²) in [6.07, 6.45) is 5.53. The average Bonchev–Trinajstić information content (AvgIpc) is 3.48. The van der Waals surface area contributed by atoms with Crippen molar-refractivity contribution in [1.82, 2.24) is 29.6 Å². The van der Waals surface area contributed by atoms with Gasteiger partial charge in [0.25, 0.3) is 0 Å². The summed E-state index contributed by atoms with van der Waals surface area (Å²) in [5.74, 6) is 2.61. The lowest BCUT2D eigenvalue weighted by molar-refractivity contribution is 0.152. The van der Waals surface area contributed by atoms with Gasteiger partial charge >= 0.3 is 0 Å². The van der Waals surface area contributed by atoms with E-state index in [4.69, 9.17) is 11.6 Å². The van der Waals surface area contributed by atoms with Crippen LogP contribution in [0.15, 0.2) is 36.7 Å². The second-order valence-corrected chi connectivity index (χ2v) is 10.8. The molecular formula is C24H24ClN9. The zero-order valence-corrected chi connectivity index (χ0v) is 19.5. The number of nitriles is 1. The lowest BCUT2D eigenvalue weighted by Crippen LogP contribution is -2.73. The first-order valence-corrected chi connectivity index (χ1v) is 12.1. The third-order valence-electron chi connectivity index (χ3n) is 7.59. The fraction of sp³-hybridized carbons (Fsp3) is 0.458. The molecule has 0 amide bonds. The van der Waals surface area contributed by atoms with E-state index < -0.39 is 0 Å². The maximum atomic E-state index is 9.63. The van der Waals surface area contributed by atoms with E-state index in [1.807, 2.05) is 18.2 Å². The fourth-order valence-electron chi connectivity index (χ4n) is 5.72. The van der Waals surface area contributed by atoms with Gasteiger partial charge in [0.1, 0.15) is 0 Å². The van der Waals surface area contributed by atoms with Gasteiger partial charge in [0.15, 0.2) is 5.82 Å². The summed E-state index contributed by atoms with van der Waals surface area (Å²) < 4.78 is 2.20. The number of hydrogen-bond acceptors (Lipinski definition) is 8. The van der Waals surface area contributed by atoms with Crippen LogP contribution in [-0.4, -0.2) is 62.4 Å². The first-order chi connectivity index (χ1) is 16.6. The molecule has 2 aromatic heterocycles. The summed E-state index contributed by atoms with van der Waals surface area (Å²) in [6, 6.07) is 10.4. The predicted molar refractivity (Wildman–Crippen MR) is 127 cm³/mol. The fourth-order valence-corrected chi connectivity index (χ4v) is 5.91. The molecule has 0 N–H and O–H groups in total. The molecule has 9 nitrogen and oxygen atoms in total. The first-order valence-electron chi connectivity index (χ1n) is 11.7. The smallest absolute Gasteiger partial charge is 0.231 e. The second kappa shape index (κ2) is 7.14. The number of anilines is 2. The monoisotopic (exact) mass is 473 g/mol. The molecule has 10 heteroatoms. The van der Waals surface area contributed by atoms with E-state index in [2.05, 4.69) is 51.6 Å². The van der Waals surface area contributed by atoms with Crippen LogP contribution < -0.4 is 9.80 Å². The molecule has 0 bridgehead atoms. The summed E-state index contributed by atoms with van der Waals surface area (Å²) in [5.41, 5.74) is 2.28. The molecule has 0 unspecified atom stereocenters. The van der Waals surface area contributed by atoms with E-state index in [9.17, 15) is 5.26 Å². The van der Waals surface area contributed by atoms with Gasteiger partial charge in [0, 0.05) is 62.1 Å². The van der Waals surface area contributed by atoms with E-state index in [1.54, 1.807) is 12.4 Å². The van der Waals surface area contributed by atoms with Crippen molar-refractivity contribution in [1.29, 1.82) is 5.26 Å². The highest BCUT2D eigenvalue weighted by Gasteiger charge is 2.54. The molecule has 1 spiro atoms. The normalized spacial score (nSPS) is 21.6. The molecular weight excluding hydrogens is 450 g/mol. The molecule has 2 saturated heterocycles. The minimum atomic E-state index is -0.209. The predicted octanol–water partition coefficient (Wildman–Crippen LogP) is 2.66. The van der Waals surface area contributed by atoms with Gasteiger partial charge in [0.2, 0.25) is 11.9 Å². The molecule has 0 atom stereocenters. The Bertz CT molecular complexity index is 1300. The Labute approximate surface area is 202 Å². The van der Waals surface area contributed by atoms with Crippen LogP contribution in [-0.2, 0) is 13.1 Å². The van der Waals surface area contributed by atoms with Crippen LogP contribution in [0, 0.1) is 22.2 Å². The molecule has 1 saturated carbocycles. The summed E-state index contributed by atoms with van der Waals surface area (Å²) in [5, 5.41) is 19.6. The van der Waals surface area contributed by atoms with Crippen LogP contribution in [0.25, 0.3) is 5.69 Å². The van der Waals surface area contributed by atoms with Crippen molar-refractivity contribution in [2.24, 2.45) is 10.8 Å². The lowest BCUT2D eigenvalue weighted by atomic mass is 9.73. The van der Waals surface area contributed by atoms with Crippen molar-refractivity contribution in [3.05, 3.63) is 53.1 Å². The van der Waals surface area contributed by atoms with Gasteiger partial charge < -0.3 is 9.80 Å². The molecule has 0 radical (unpaired) electrons. The number of rotatable bonds is 4. The quantitative estimate of drug-likeness (QED) is 0.571. The lowest BCUT2D eigenvalue weighted by Gasteiger charge is -2.60. The summed E-state index contributed by atoms with van der Waals surface area (Å²) in [4.78, 5) is 15.6. The van der Waals surface area contributed by atoms with Crippen molar-refractivity contribution in [3.8, 4) is 11.8 Å². The van der Waals surface area contributed by atoms with Gasteiger partial charge in [-0.1, -0.05) is 11.6 Å². The highest BCUT2D eigenvalue weighted by atomic mass is 35.5. The van der Waals surface area contributed by atoms with Gasteiger partial charge in [-0.2, -0.15) is 5.26 Å². The van der Waals surface area contributed by atoms with Crippen LogP contribution in [0.4, 0.5) is 11.9 Å². The van der Waals surface area contributed by atoms with Gasteiger partial charge in [-0.25, -0.2) is 9.97 Å². The van der Waals surface area contributed by atoms with Crippen LogP contribution in [0.2, 0.25) is 5.02 Å². The van der Waals surface area contributed by atoms with E-state index in [1.165, 1.54) is 0 Å². The Hall–Kier alpha value is -3.22.